The van der Waals surface area contributed by atoms with Crippen molar-refractivity contribution in [3.63, 3.8) is 0 Å². The molecular weight excluding hydrogens is 532 g/mol. The van der Waals surface area contributed by atoms with E-state index in [1.54, 1.807) is 17.0 Å². The van der Waals surface area contributed by atoms with Gasteiger partial charge in [-0.2, -0.15) is 0 Å². The molecule has 0 aliphatic carbocycles. The Kier molecular flexibility index (Phi) is 7.61. The van der Waals surface area contributed by atoms with E-state index in [0.717, 1.165) is 21.2 Å². The second kappa shape index (κ2) is 10.8. The number of likely N-dealkylation sites (tertiary alicyclic amines) is 1. The molecule has 3 aromatic carbocycles. The lowest BCUT2D eigenvalue weighted by Gasteiger charge is -2.32. The highest BCUT2D eigenvalue weighted by atomic mass is 35.5. The molecular formula is C31H33ClN2O6. The van der Waals surface area contributed by atoms with Gasteiger partial charge in [0.25, 0.3) is 5.91 Å². The molecule has 0 bridgehead atoms. The summed E-state index contributed by atoms with van der Waals surface area (Å²) in [6.07, 6.45) is -3.29. The predicted molar refractivity (Wildman–Crippen MR) is 152 cm³/mol. The molecule has 0 spiro atoms. The van der Waals surface area contributed by atoms with Gasteiger partial charge in [0.2, 0.25) is 5.91 Å². The van der Waals surface area contributed by atoms with Crippen molar-refractivity contribution in [2.45, 2.75) is 58.0 Å². The van der Waals surface area contributed by atoms with E-state index in [0.29, 0.717) is 22.8 Å². The maximum atomic E-state index is 14.2. The molecule has 210 valence electrons. The maximum absolute atomic E-state index is 14.2. The van der Waals surface area contributed by atoms with E-state index in [4.69, 9.17) is 16.3 Å². The first-order chi connectivity index (χ1) is 18.9. The fraction of sp³-hybridized carbons (Fsp3) is 0.387. The smallest absolute Gasteiger partial charge is 0.326 e. The van der Waals surface area contributed by atoms with Gasteiger partial charge in [-0.25, -0.2) is 4.79 Å². The molecule has 1 saturated heterocycles. The number of nitrogens with zero attached hydrogens (tertiary/aromatic N) is 2. The average Bonchev–Trinajstić information content (AvgIpc) is 3.27. The van der Waals surface area contributed by atoms with E-state index < -0.39 is 36.2 Å². The number of aliphatic hydroxyl groups excluding tert-OH is 1. The van der Waals surface area contributed by atoms with Crippen LogP contribution in [0.5, 0.6) is 0 Å². The normalized spacial score (nSPS) is 23.3. The molecule has 40 heavy (non-hydrogen) atoms. The van der Waals surface area contributed by atoms with E-state index in [1.165, 1.54) is 0 Å². The van der Waals surface area contributed by atoms with Crippen LogP contribution in [0.15, 0.2) is 60.7 Å². The first kappa shape index (κ1) is 28.1. The number of halogens is 1. The molecule has 3 aromatic rings. The second-order valence-corrected chi connectivity index (χ2v) is 12.2. The number of rotatable bonds is 5. The Balaban J connectivity index is 1.62. The average molecular weight is 565 g/mol. The molecule has 0 saturated carbocycles. The number of β-amino-alcohol motifs (C(OH)–C–C–N with tert-alkyl or cyclic N) is 1. The number of amides is 2. The molecule has 9 heteroatoms. The largest absolute Gasteiger partial charge is 0.480 e. The van der Waals surface area contributed by atoms with E-state index >= 15 is 0 Å². The Labute approximate surface area is 238 Å². The van der Waals surface area contributed by atoms with Crippen LogP contribution in [-0.4, -0.2) is 64.2 Å². The molecule has 8 nitrogen and oxygen atoms in total. The van der Waals surface area contributed by atoms with Gasteiger partial charge in [0, 0.05) is 35.8 Å². The topological polar surface area (TPSA) is 107 Å². The minimum Gasteiger partial charge on any atom is -0.480 e. The van der Waals surface area contributed by atoms with Crippen molar-refractivity contribution in [2.24, 2.45) is 5.41 Å². The van der Waals surface area contributed by atoms with E-state index in [1.807, 2.05) is 69.3 Å². The number of carboxylic acid groups (broad SMARTS) is 1. The summed E-state index contributed by atoms with van der Waals surface area (Å²) in [5, 5.41) is 22.2. The third-order valence-corrected chi connectivity index (χ3v) is 7.62. The standard InChI is InChI=1S/C31H33ClN2O6/c1-31(2,3)17-34-24-12-11-19(32)13-23(24)28(22-10-6-8-18-7-4-5-9-21(18)22)40-26(29(34)37)15-27(36)33-16-20(35)14-25(33)30(38)39/h4-13,20,25-26,28,35H,14-17H2,1-3H3,(H,38,39)/t20?,25-,26?,28?/m1/s1. The number of ether oxygens (including phenoxy) is 1. The first-order valence-corrected chi connectivity index (χ1v) is 13.7. The van der Waals surface area contributed by atoms with Gasteiger partial charge in [-0.3, -0.25) is 9.59 Å². The number of aliphatic carboxylic acids is 1. The number of anilines is 1. The van der Waals surface area contributed by atoms with Gasteiger partial charge < -0.3 is 24.7 Å². The molecule has 1 fully saturated rings. The molecule has 0 radical (unpaired) electrons. The molecule has 0 aromatic heterocycles. The summed E-state index contributed by atoms with van der Waals surface area (Å²) in [5.41, 5.74) is 1.89. The molecule has 2 N–H and O–H groups in total. The van der Waals surface area contributed by atoms with E-state index in [2.05, 4.69) is 0 Å². The summed E-state index contributed by atoms with van der Waals surface area (Å²) < 4.78 is 6.59. The van der Waals surface area contributed by atoms with Gasteiger partial charge in [-0.1, -0.05) is 74.8 Å². The van der Waals surface area contributed by atoms with Gasteiger partial charge >= 0.3 is 5.97 Å². The number of benzene rings is 3. The van der Waals surface area contributed by atoms with Crippen LogP contribution < -0.4 is 4.90 Å². The molecule has 2 aliphatic rings. The van der Waals surface area contributed by atoms with Gasteiger partial charge in [0.05, 0.1) is 12.5 Å². The van der Waals surface area contributed by atoms with E-state index in [9.17, 15) is 24.6 Å². The van der Waals surface area contributed by atoms with Crippen LogP contribution in [-0.2, 0) is 19.1 Å². The van der Waals surface area contributed by atoms with Crippen molar-refractivity contribution >= 4 is 45.8 Å². The van der Waals surface area contributed by atoms with Gasteiger partial charge in [0.1, 0.15) is 18.2 Å². The van der Waals surface area contributed by atoms with Crippen LogP contribution in [0.1, 0.15) is 50.8 Å². The fourth-order valence-corrected chi connectivity index (χ4v) is 5.84. The van der Waals surface area contributed by atoms with Crippen molar-refractivity contribution in [1.82, 2.24) is 4.90 Å². The summed E-state index contributed by atoms with van der Waals surface area (Å²) in [6.45, 7) is 6.31. The number of carbonyl (C=O) groups is 3. The second-order valence-electron chi connectivity index (χ2n) is 11.8. The SMILES string of the molecule is CC(C)(C)CN1C(=O)C(CC(=O)N2CC(O)C[C@@H]2C(=O)O)OC(c2cccc3ccccc23)c2cc(Cl)ccc21. The fourth-order valence-electron chi connectivity index (χ4n) is 5.66. The lowest BCUT2D eigenvalue weighted by molar-refractivity contribution is -0.151. The summed E-state index contributed by atoms with van der Waals surface area (Å²) in [7, 11) is 0. The zero-order chi connectivity index (χ0) is 28.8. The van der Waals surface area contributed by atoms with Gasteiger partial charge in [-0.15, -0.1) is 0 Å². The van der Waals surface area contributed by atoms with Crippen molar-refractivity contribution in [2.75, 3.05) is 18.0 Å². The van der Waals surface area contributed by atoms with Gasteiger partial charge in [-0.05, 0) is 39.9 Å². The van der Waals surface area contributed by atoms with E-state index in [-0.39, 0.29) is 30.7 Å². The van der Waals surface area contributed by atoms with Crippen LogP contribution in [0.3, 0.4) is 0 Å². The lowest BCUT2D eigenvalue weighted by atomic mass is 9.93. The number of hydrogen-bond donors (Lipinski definition) is 2. The first-order valence-electron chi connectivity index (χ1n) is 13.4. The Morgan fingerprint density at radius 2 is 1.77 bits per heavy atom. The Hall–Kier alpha value is -3.46. The Morgan fingerprint density at radius 3 is 2.50 bits per heavy atom. The summed E-state index contributed by atoms with van der Waals surface area (Å²) in [4.78, 5) is 42.3. The molecule has 3 unspecified atom stereocenters. The number of carboxylic acids is 1. The summed E-state index contributed by atoms with van der Waals surface area (Å²) >= 11 is 6.49. The van der Waals surface area contributed by atoms with Crippen molar-refractivity contribution in [3.8, 4) is 0 Å². The maximum Gasteiger partial charge on any atom is 0.326 e. The predicted octanol–water partition coefficient (Wildman–Crippen LogP) is 4.80. The van der Waals surface area contributed by atoms with Crippen molar-refractivity contribution in [3.05, 3.63) is 76.8 Å². The van der Waals surface area contributed by atoms with Crippen LogP contribution in [0.4, 0.5) is 5.69 Å². The Bertz CT molecular complexity index is 1460. The monoisotopic (exact) mass is 564 g/mol. The number of carbonyl (C=O) groups excluding carboxylic acids is 2. The third kappa shape index (κ3) is 5.57. The van der Waals surface area contributed by atoms with Crippen LogP contribution in [0, 0.1) is 5.41 Å². The zero-order valence-electron chi connectivity index (χ0n) is 22.7. The number of hydrogen-bond acceptors (Lipinski definition) is 5. The highest BCUT2D eigenvalue weighted by Crippen LogP contribution is 2.43. The molecule has 2 aliphatic heterocycles. The van der Waals surface area contributed by atoms with Crippen LogP contribution >= 0.6 is 11.6 Å². The van der Waals surface area contributed by atoms with Crippen LogP contribution in [0.2, 0.25) is 5.02 Å². The third-order valence-electron chi connectivity index (χ3n) is 7.39. The number of fused-ring (bicyclic) bond motifs is 2. The minimum absolute atomic E-state index is 0.0563. The molecule has 2 heterocycles. The van der Waals surface area contributed by atoms with Crippen LogP contribution in [0.25, 0.3) is 10.8 Å². The highest BCUT2D eigenvalue weighted by Gasteiger charge is 2.43. The molecule has 5 rings (SSSR count). The quantitative estimate of drug-likeness (QED) is 0.461. The number of aliphatic hydroxyl groups is 1. The zero-order valence-corrected chi connectivity index (χ0v) is 23.5. The van der Waals surface area contributed by atoms with Crippen molar-refractivity contribution in [1.29, 1.82) is 0 Å². The summed E-state index contributed by atoms with van der Waals surface area (Å²) in [5.74, 6) is -2.14. The Morgan fingerprint density at radius 1 is 1.05 bits per heavy atom. The van der Waals surface area contributed by atoms with Gasteiger partial charge in [0.15, 0.2) is 0 Å². The minimum atomic E-state index is -1.20. The van der Waals surface area contributed by atoms with Crippen molar-refractivity contribution < 1.29 is 29.3 Å². The summed E-state index contributed by atoms with van der Waals surface area (Å²) in [6, 6.07) is 17.9. The molecule has 4 atom stereocenters. The molecule has 2 amide bonds. The highest BCUT2D eigenvalue weighted by molar-refractivity contribution is 6.30. The lowest BCUT2D eigenvalue weighted by Crippen LogP contribution is -2.47.